The molecule has 0 bridgehead atoms. The van der Waals surface area contributed by atoms with Crippen molar-refractivity contribution in [1.29, 1.82) is 0 Å². The molecule has 0 unspecified atom stereocenters. The highest BCUT2D eigenvalue weighted by molar-refractivity contribution is 7.84. The SMILES string of the molecule is CS(=O)(=O)[O-].C[n+]1ccc(-c2ncc(-c3ccc4c(c3)CCO4)o2)cc1. The van der Waals surface area contributed by atoms with E-state index < -0.39 is 10.1 Å². The van der Waals surface area contributed by atoms with Crippen LogP contribution in [0.1, 0.15) is 5.56 Å². The van der Waals surface area contributed by atoms with Crippen LogP contribution in [-0.4, -0.2) is 30.8 Å². The molecule has 0 amide bonds. The molecule has 7 nitrogen and oxygen atoms in total. The summed E-state index contributed by atoms with van der Waals surface area (Å²) in [7, 11) is -1.93. The van der Waals surface area contributed by atoms with Gasteiger partial charge in [0.2, 0.25) is 5.89 Å². The highest BCUT2D eigenvalue weighted by Crippen LogP contribution is 2.32. The predicted octanol–water partition coefficient (Wildman–Crippen LogP) is 1.93. The molecule has 1 aromatic carbocycles. The van der Waals surface area contributed by atoms with E-state index in [1.165, 1.54) is 5.56 Å². The number of benzene rings is 1. The number of nitrogens with zero attached hydrogens (tertiary/aromatic N) is 2. The van der Waals surface area contributed by atoms with Crippen LogP contribution in [0.4, 0.5) is 0 Å². The summed E-state index contributed by atoms with van der Waals surface area (Å²) in [5.74, 6) is 2.41. The highest BCUT2D eigenvalue weighted by Gasteiger charge is 2.15. The molecule has 3 aromatic rings. The lowest BCUT2D eigenvalue weighted by atomic mass is 10.1. The maximum Gasteiger partial charge on any atom is 0.227 e. The summed E-state index contributed by atoms with van der Waals surface area (Å²) in [4.78, 5) is 4.38. The van der Waals surface area contributed by atoms with Crippen molar-refractivity contribution in [3.8, 4) is 28.5 Å². The van der Waals surface area contributed by atoms with Crippen molar-refractivity contribution in [3.05, 3.63) is 54.5 Å². The Labute approximate surface area is 151 Å². The van der Waals surface area contributed by atoms with Gasteiger partial charge in [0.25, 0.3) is 0 Å². The minimum atomic E-state index is -3.92. The molecule has 26 heavy (non-hydrogen) atoms. The monoisotopic (exact) mass is 374 g/mol. The van der Waals surface area contributed by atoms with Crippen molar-refractivity contribution in [3.63, 3.8) is 0 Å². The molecule has 4 rings (SSSR count). The zero-order chi connectivity index (χ0) is 18.7. The van der Waals surface area contributed by atoms with E-state index in [0.29, 0.717) is 12.1 Å². The third-order valence-corrected chi connectivity index (χ3v) is 3.71. The number of hydrogen-bond donors (Lipinski definition) is 0. The van der Waals surface area contributed by atoms with Gasteiger partial charge >= 0.3 is 0 Å². The van der Waals surface area contributed by atoms with Gasteiger partial charge in [0.05, 0.1) is 22.9 Å². The lowest BCUT2D eigenvalue weighted by molar-refractivity contribution is -0.671. The average Bonchev–Trinajstić information content (AvgIpc) is 3.22. The molecule has 0 saturated heterocycles. The summed E-state index contributed by atoms with van der Waals surface area (Å²) >= 11 is 0. The lowest BCUT2D eigenvalue weighted by Crippen LogP contribution is -2.25. The van der Waals surface area contributed by atoms with Crippen LogP contribution >= 0.6 is 0 Å². The standard InChI is InChI=1S/C17H15N2O2.CH4O3S/c1-19-7-4-12(5-8-19)17-18-11-16(21-17)13-2-3-15-14(10-13)6-9-20-15;1-5(2,3)4/h2-5,7-8,10-11H,6,9H2,1H3;1H3,(H,2,3,4)/q+1;/p-1. The number of ether oxygens (including phenoxy) is 1. The fraction of sp³-hybridized carbons (Fsp3) is 0.222. The number of fused-ring (bicyclic) bond motifs is 1. The van der Waals surface area contributed by atoms with Crippen LogP contribution in [0.3, 0.4) is 0 Å². The largest absolute Gasteiger partial charge is 0.748 e. The molecule has 0 N–H and O–H groups in total. The minimum absolute atomic E-state index is 0.604. The van der Waals surface area contributed by atoms with Gasteiger partial charge in [-0.25, -0.2) is 18.0 Å². The Balaban J connectivity index is 0.000000349. The quantitative estimate of drug-likeness (QED) is 0.502. The first-order valence-electron chi connectivity index (χ1n) is 7.88. The molecule has 0 fully saturated rings. The van der Waals surface area contributed by atoms with Crippen LogP contribution in [-0.2, 0) is 23.6 Å². The van der Waals surface area contributed by atoms with E-state index in [2.05, 4.69) is 11.1 Å². The van der Waals surface area contributed by atoms with Gasteiger partial charge in [-0.15, -0.1) is 0 Å². The highest BCUT2D eigenvalue weighted by atomic mass is 32.2. The van der Waals surface area contributed by atoms with Gasteiger partial charge in [0, 0.05) is 35.9 Å². The van der Waals surface area contributed by atoms with Gasteiger partial charge in [0.15, 0.2) is 18.2 Å². The van der Waals surface area contributed by atoms with Gasteiger partial charge in [-0.1, -0.05) is 0 Å². The first-order chi connectivity index (χ1) is 12.3. The van der Waals surface area contributed by atoms with Crippen molar-refractivity contribution in [2.45, 2.75) is 6.42 Å². The third-order valence-electron chi connectivity index (χ3n) is 3.71. The summed E-state index contributed by atoms with van der Waals surface area (Å²) < 4.78 is 40.6. The van der Waals surface area contributed by atoms with Crippen LogP contribution in [0.2, 0.25) is 0 Å². The molecule has 3 heterocycles. The second-order valence-corrected chi connectivity index (χ2v) is 7.32. The molecule has 0 spiro atoms. The van der Waals surface area contributed by atoms with E-state index >= 15 is 0 Å². The molecule has 0 aliphatic carbocycles. The Morgan fingerprint density at radius 2 is 1.85 bits per heavy atom. The lowest BCUT2D eigenvalue weighted by Gasteiger charge is -2.01. The molecule has 2 aromatic heterocycles. The Morgan fingerprint density at radius 3 is 2.54 bits per heavy atom. The first-order valence-corrected chi connectivity index (χ1v) is 9.70. The maximum atomic E-state index is 9.08. The normalized spacial score (nSPS) is 12.7. The summed E-state index contributed by atoms with van der Waals surface area (Å²) in [5.41, 5.74) is 3.25. The van der Waals surface area contributed by atoms with Crippen molar-refractivity contribution in [2.75, 3.05) is 12.9 Å². The topological polar surface area (TPSA) is 96.3 Å². The summed E-state index contributed by atoms with van der Waals surface area (Å²) in [5, 5.41) is 0. The van der Waals surface area contributed by atoms with E-state index in [9.17, 15) is 0 Å². The summed E-state index contributed by atoms with van der Waals surface area (Å²) in [6.07, 6.45) is 7.30. The Bertz CT molecular complexity index is 1000. The Morgan fingerprint density at radius 1 is 1.15 bits per heavy atom. The zero-order valence-corrected chi connectivity index (χ0v) is 15.2. The number of aryl methyl sites for hydroxylation is 1. The van der Waals surface area contributed by atoms with E-state index in [4.69, 9.17) is 22.1 Å². The number of rotatable bonds is 2. The molecular formula is C18H18N2O5S. The minimum Gasteiger partial charge on any atom is -0.748 e. The fourth-order valence-electron chi connectivity index (χ4n) is 2.52. The van der Waals surface area contributed by atoms with Crippen LogP contribution in [0.15, 0.2) is 53.3 Å². The Kier molecular flexibility index (Phi) is 5.06. The van der Waals surface area contributed by atoms with Crippen LogP contribution in [0.25, 0.3) is 22.8 Å². The molecule has 0 atom stereocenters. The molecule has 136 valence electrons. The summed E-state index contributed by atoms with van der Waals surface area (Å²) in [6.45, 7) is 0.765. The van der Waals surface area contributed by atoms with Gasteiger partial charge in [0.1, 0.15) is 12.8 Å². The fourth-order valence-corrected chi connectivity index (χ4v) is 2.52. The zero-order valence-electron chi connectivity index (χ0n) is 14.4. The molecule has 8 heteroatoms. The summed E-state index contributed by atoms with van der Waals surface area (Å²) in [6, 6.07) is 10.1. The third kappa shape index (κ3) is 4.68. The predicted molar refractivity (Wildman–Crippen MR) is 93.4 cm³/mol. The van der Waals surface area contributed by atoms with Crippen molar-refractivity contribution < 1.29 is 26.7 Å². The van der Waals surface area contributed by atoms with Crippen LogP contribution < -0.4 is 9.30 Å². The first kappa shape index (κ1) is 18.1. The maximum absolute atomic E-state index is 9.08. The number of hydrogen-bond acceptors (Lipinski definition) is 6. The molecule has 0 radical (unpaired) electrons. The van der Waals surface area contributed by atoms with Gasteiger partial charge in [-0.2, -0.15) is 0 Å². The van der Waals surface area contributed by atoms with E-state index in [0.717, 1.165) is 35.7 Å². The number of aromatic nitrogens is 2. The van der Waals surface area contributed by atoms with E-state index in [1.807, 2.05) is 48.3 Å². The molecule has 0 saturated carbocycles. The molecule has 1 aliphatic rings. The van der Waals surface area contributed by atoms with Crippen molar-refractivity contribution in [2.24, 2.45) is 7.05 Å². The van der Waals surface area contributed by atoms with Crippen LogP contribution in [0.5, 0.6) is 5.75 Å². The van der Waals surface area contributed by atoms with E-state index in [1.54, 1.807) is 6.20 Å². The van der Waals surface area contributed by atoms with Gasteiger partial charge in [-0.3, -0.25) is 0 Å². The van der Waals surface area contributed by atoms with Crippen LogP contribution in [0, 0.1) is 0 Å². The number of oxazole rings is 1. The second kappa shape index (κ2) is 7.27. The van der Waals surface area contributed by atoms with E-state index in [-0.39, 0.29) is 0 Å². The average molecular weight is 374 g/mol. The smallest absolute Gasteiger partial charge is 0.227 e. The van der Waals surface area contributed by atoms with Crippen molar-refractivity contribution >= 4 is 10.1 Å². The van der Waals surface area contributed by atoms with Gasteiger partial charge in [-0.05, 0) is 23.8 Å². The van der Waals surface area contributed by atoms with Crippen molar-refractivity contribution in [1.82, 2.24) is 4.98 Å². The molecular weight excluding hydrogens is 356 g/mol. The number of pyridine rings is 1. The second-order valence-electron chi connectivity index (χ2n) is 5.91. The molecule has 1 aliphatic heterocycles. The van der Waals surface area contributed by atoms with Gasteiger partial charge < -0.3 is 13.7 Å². The Hall–Kier alpha value is -2.71.